The number of nitrogens with zero attached hydrogens (tertiary/aromatic N) is 2. The zero-order valence-corrected chi connectivity index (χ0v) is 20.3. The second-order valence-corrected chi connectivity index (χ2v) is 11.4. The Morgan fingerprint density at radius 3 is 2.39 bits per heavy atom. The molecule has 0 bridgehead atoms. The van der Waals surface area contributed by atoms with Gasteiger partial charge in [0.2, 0.25) is 10.0 Å². The Labute approximate surface area is 196 Å². The number of piperidine rings is 1. The number of nitrogens with one attached hydrogen (secondary N) is 1. The van der Waals surface area contributed by atoms with Crippen molar-refractivity contribution in [2.75, 3.05) is 32.4 Å². The van der Waals surface area contributed by atoms with Crippen molar-refractivity contribution in [2.24, 2.45) is 0 Å². The Kier molecular flexibility index (Phi) is 8.74. The first kappa shape index (κ1) is 25.9. The van der Waals surface area contributed by atoms with Crippen molar-refractivity contribution in [3.63, 3.8) is 0 Å². The third-order valence-corrected chi connectivity index (χ3v) is 8.96. The minimum atomic E-state index is -3.77. The third-order valence-electron chi connectivity index (χ3n) is 7.18. The van der Waals surface area contributed by atoms with Crippen molar-refractivity contribution in [2.45, 2.75) is 69.7 Å². The van der Waals surface area contributed by atoms with Gasteiger partial charge in [-0.15, -0.1) is 0 Å². The number of hydrogen-bond acceptors (Lipinski definition) is 7. The van der Waals surface area contributed by atoms with E-state index in [4.69, 9.17) is 5.11 Å². The number of sulfonamides is 1. The summed E-state index contributed by atoms with van der Waals surface area (Å²) in [5.41, 5.74) is 1.54. The van der Waals surface area contributed by atoms with Crippen LogP contribution in [0.5, 0.6) is 5.75 Å². The number of rotatable bonds is 9. The molecule has 1 saturated heterocycles. The fourth-order valence-electron chi connectivity index (χ4n) is 5.02. The fraction of sp³-hybridized carbons (Fsp3) is 0.696. The maximum atomic E-state index is 12.2. The highest BCUT2D eigenvalue weighted by molar-refractivity contribution is 7.89. The van der Waals surface area contributed by atoms with E-state index < -0.39 is 27.8 Å². The van der Waals surface area contributed by atoms with Crippen molar-refractivity contribution in [3.8, 4) is 5.75 Å². The first-order chi connectivity index (χ1) is 15.6. The quantitative estimate of drug-likeness (QED) is 0.415. The molecule has 1 heterocycles. The number of aliphatic hydroxyl groups is 1. The topological polar surface area (TPSA) is 130 Å². The molecule has 0 unspecified atom stereocenters. The summed E-state index contributed by atoms with van der Waals surface area (Å²) in [4.78, 5) is 13.3. The molecule has 1 aromatic carbocycles. The van der Waals surface area contributed by atoms with Gasteiger partial charge in [-0.2, -0.15) is 0 Å². The van der Waals surface area contributed by atoms with Crippen molar-refractivity contribution in [3.05, 3.63) is 29.3 Å². The van der Waals surface area contributed by atoms with E-state index in [1.54, 1.807) is 12.1 Å². The largest absolute Gasteiger partial charge is 0.508 e. The SMILES string of the molecule is Cc1cc([C@@H](O)CNC2CCN(C3CCC(N(C)S(=O)(=O)CC(=O)O)CC3)CC2)ccc1O. The van der Waals surface area contributed by atoms with Gasteiger partial charge in [0.05, 0.1) is 6.10 Å². The lowest BCUT2D eigenvalue weighted by atomic mass is 9.89. The fourth-order valence-corrected chi connectivity index (χ4v) is 6.20. The summed E-state index contributed by atoms with van der Waals surface area (Å²) >= 11 is 0. The van der Waals surface area contributed by atoms with Gasteiger partial charge in [-0.3, -0.25) is 4.79 Å². The van der Waals surface area contributed by atoms with Crippen molar-refractivity contribution in [1.29, 1.82) is 0 Å². The van der Waals surface area contributed by atoms with Gasteiger partial charge in [0.25, 0.3) is 0 Å². The number of aliphatic hydroxyl groups excluding tert-OH is 1. The van der Waals surface area contributed by atoms with E-state index in [-0.39, 0.29) is 11.8 Å². The predicted octanol–water partition coefficient (Wildman–Crippen LogP) is 1.45. The molecule has 0 radical (unpaired) electrons. The van der Waals surface area contributed by atoms with Crippen LogP contribution in [-0.2, 0) is 14.8 Å². The lowest BCUT2D eigenvalue weighted by molar-refractivity contribution is -0.134. The molecule has 1 aliphatic heterocycles. The van der Waals surface area contributed by atoms with Gasteiger partial charge < -0.3 is 25.5 Å². The van der Waals surface area contributed by atoms with Gasteiger partial charge in [-0.1, -0.05) is 6.07 Å². The number of aromatic hydroxyl groups is 1. The number of aliphatic carboxylic acids is 1. The molecule has 2 aliphatic rings. The van der Waals surface area contributed by atoms with Crippen molar-refractivity contribution >= 4 is 16.0 Å². The van der Waals surface area contributed by atoms with Crippen LogP contribution in [0.15, 0.2) is 18.2 Å². The standard InChI is InChI=1S/C23H37N3O6S/c1-16-13-17(3-8-21(16)27)22(28)14-24-18-9-11-26(12-10-18)20-6-4-19(5-7-20)25(2)33(31,32)15-23(29)30/h3,8,13,18-20,22,24,27-28H,4-7,9-12,14-15H2,1-2H3,(H,29,30)/t19?,20?,22-/m0/s1. The third kappa shape index (κ3) is 6.89. The Morgan fingerprint density at radius 2 is 1.82 bits per heavy atom. The molecule has 10 heteroatoms. The molecule has 0 spiro atoms. The molecule has 0 amide bonds. The van der Waals surface area contributed by atoms with Crippen LogP contribution in [0.25, 0.3) is 0 Å². The molecule has 1 aromatic rings. The molecular formula is C23H37N3O6S. The van der Waals surface area contributed by atoms with Crippen molar-refractivity contribution in [1.82, 2.24) is 14.5 Å². The number of phenols is 1. The van der Waals surface area contributed by atoms with Gasteiger partial charge in [0.15, 0.2) is 5.75 Å². The van der Waals surface area contributed by atoms with E-state index >= 15 is 0 Å². The van der Waals surface area contributed by atoms with Crippen LogP contribution in [0.3, 0.4) is 0 Å². The maximum absolute atomic E-state index is 12.2. The Hall–Kier alpha value is -1.72. The monoisotopic (exact) mass is 483 g/mol. The van der Waals surface area contributed by atoms with E-state index in [0.29, 0.717) is 18.6 Å². The number of phenolic OH excluding ortho intramolecular Hbond substituents is 1. The summed E-state index contributed by atoms with van der Waals surface area (Å²) in [6.45, 7) is 4.22. The maximum Gasteiger partial charge on any atom is 0.320 e. The number of benzene rings is 1. The van der Waals surface area contributed by atoms with Gasteiger partial charge in [-0.05, 0) is 81.8 Å². The Balaban J connectivity index is 1.40. The number of carbonyl (C=O) groups is 1. The predicted molar refractivity (Wildman–Crippen MR) is 126 cm³/mol. The van der Waals surface area contributed by atoms with E-state index in [1.807, 2.05) is 13.0 Å². The zero-order valence-electron chi connectivity index (χ0n) is 19.5. The Bertz CT molecular complexity index is 909. The average Bonchev–Trinajstić information content (AvgIpc) is 2.78. The van der Waals surface area contributed by atoms with E-state index in [0.717, 1.165) is 62.7 Å². The lowest BCUT2D eigenvalue weighted by Gasteiger charge is -2.42. The van der Waals surface area contributed by atoms with Crippen LogP contribution < -0.4 is 5.32 Å². The van der Waals surface area contributed by atoms with E-state index in [2.05, 4.69) is 10.2 Å². The summed E-state index contributed by atoms with van der Waals surface area (Å²) < 4.78 is 25.6. The van der Waals surface area contributed by atoms with Crippen LogP contribution in [0.2, 0.25) is 0 Å². The van der Waals surface area contributed by atoms with Gasteiger partial charge in [0, 0.05) is 31.7 Å². The smallest absolute Gasteiger partial charge is 0.320 e. The van der Waals surface area contributed by atoms with Crippen LogP contribution in [0.4, 0.5) is 0 Å². The molecule has 2 fully saturated rings. The average molecular weight is 484 g/mol. The molecule has 1 atom stereocenters. The Morgan fingerprint density at radius 1 is 1.18 bits per heavy atom. The minimum absolute atomic E-state index is 0.130. The molecule has 33 heavy (non-hydrogen) atoms. The molecular weight excluding hydrogens is 446 g/mol. The second kappa shape index (κ2) is 11.1. The molecule has 186 valence electrons. The van der Waals surface area contributed by atoms with Gasteiger partial charge in [0.1, 0.15) is 5.75 Å². The first-order valence-corrected chi connectivity index (χ1v) is 13.3. The lowest BCUT2D eigenvalue weighted by Crippen LogP contribution is -2.50. The van der Waals surface area contributed by atoms with Crippen LogP contribution in [0.1, 0.15) is 55.8 Å². The molecule has 0 aromatic heterocycles. The molecule has 3 rings (SSSR count). The molecule has 1 saturated carbocycles. The minimum Gasteiger partial charge on any atom is -0.508 e. The van der Waals surface area contributed by atoms with Crippen LogP contribution in [0, 0.1) is 6.92 Å². The first-order valence-electron chi connectivity index (χ1n) is 11.7. The summed E-state index contributed by atoms with van der Waals surface area (Å²) in [6, 6.07) is 5.82. The molecule has 4 N–H and O–H groups in total. The van der Waals surface area contributed by atoms with E-state index in [1.165, 1.54) is 11.4 Å². The highest BCUT2D eigenvalue weighted by Gasteiger charge is 2.34. The normalized spacial score (nSPS) is 24.1. The van der Waals surface area contributed by atoms with Crippen LogP contribution >= 0.6 is 0 Å². The highest BCUT2D eigenvalue weighted by Crippen LogP contribution is 2.29. The number of hydrogen-bond donors (Lipinski definition) is 4. The van der Waals surface area contributed by atoms with Gasteiger partial charge >= 0.3 is 5.97 Å². The molecule has 1 aliphatic carbocycles. The zero-order chi connectivity index (χ0) is 24.2. The number of carboxylic acid groups (broad SMARTS) is 1. The van der Waals surface area contributed by atoms with E-state index in [9.17, 15) is 23.4 Å². The van der Waals surface area contributed by atoms with Crippen molar-refractivity contribution < 1.29 is 28.5 Å². The highest BCUT2D eigenvalue weighted by atomic mass is 32.2. The number of aryl methyl sites for hydroxylation is 1. The summed E-state index contributed by atoms with van der Waals surface area (Å²) in [6.07, 6.45) is 4.69. The second-order valence-electron chi connectivity index (χ2n) is 9.41. The van der Waals surface area contributed by atoms with Gasteiger partial charge in [-0.25, -0.2) is 12.7 Å². The summed E-state index contributed by atoms with van der Waals surface area (Å²) in [7, 11) is -2.27. The molecule has 9 nitrogen and oxygen atoms in total. The summed E-state index contributed by atoms with van der Waals surface area (Å²) in [5.74, 6) is -1.95. The number of likely N-dealkylation sites (tertiary alicyclic amines) is 1. The van der Waals surface area contributed by atoms with Crippen LogP contribution in [-0.4, -0.2) is 89.5 Å². The summed E-state index contributed by atoms with van der Waals surface area (Å²) in [5, 5.41) is 32.4. The number of carboxylic acids is 1.